The van der Waals surface area contributed by atoms with Crippen LogP contribution in [0.2, 0.25) is 0 Å². The highest BCUT2D eigenvalue weighted by molar-refractivity contribution is 9.10. The molecule has 0 aromatic carbocycles. The Kier molecular flexibility index (Phi) is 4.41. The van der Waals surface area contributed by atoms with Crippen LogP contribution in [0.3, 0.4) is 0 Å². The van der Waals surface area contributed by atoms with Gasteiger partial charge in [0.15, 0.2) is 0 Å². The summed E-state index contributed by atoms with van der Waals surface area (Å²) in [4.78, 5) is 4.03. The fourth-order valence-corrected chi connectivity index (χ4v) is 5.79. The van der Waals surface area contributed by atoms with Crippen molar-refractivity contribution in [2.24, 2.45) is 0 Å². The molecule has 0 atom stereocenters. The molecule has 9 heteroatoms. The van der Waals surface area contributed by atoms with Gasteiger partial charge in [-0.2, -0.15) is 0 Å². The first-order valence-electron chi connectivity index (χ1n) is 6.04. The van der Waals surface area contributed by atoms with E-state index in [2.05, 4.69) is 25.6 Å². The van der Waals surface area contributed by atoms with Crippen LogP contribution in [0, 0.1) is 6.92 Å². The molecule has 1 aliphatic heterocycles. The minimum Gasteiger partial charge on any atom is -0.267 e. The van der Waals surface area contributed by atoms with Crippen LogP contribution in [-0.4, -0.2) is 38.6 Å². The third kappa shape index (κ3) is 3.70. The lowest BCUT2D eigenvalue weighted by molar-refractivity contribution is 0.555. The first-order valence-corrected chi connectivity index (χ1v) is 10.2. The lowest BCUT2D eigenvalue weighted by Crippen LogP contribution is -2.36. The van der Waals surface area contributed by atoms with Gasteiger partial charge in [0.05, 0.1) is 16.8 Å². The van der Waals surface area contributed by atoms with Gasteiger partial charge in [-0.15, -0.1) is 0 Å². The zero-order valence-corrected chi connectivity index (χ0v) is 14.1. The number of aryl methyl sites for hydroxylation is 1. The fraction of sp³-hybridized carbons (Fsp3) is 0.545. The van der Waals surface area contributed by atoms with Gasteiger partial charge < -0.3 is 0 Å². The lowest BCUT2D eigenvalue weighted by atomic mass is 10.2. The number of nitrogens with one attached hydrogen (secondary N) is 1. The van der Waals surface area contributed by atoms with Crippen LogP contribution in [0.25, 0.3) is 0 Å². The molecule has 0 spiro atoms. The van der Waals surface area contributed by atoms with E-state index in [1.165, 1.54) is 6.20 Å². The number of pyridine rings is 1. The summed E-state index contributed by atoms with van der Waals surface area (Å²) in [6, 6.07) is 1.76. The van der Waals surface area contributed by atoms with E-state index in [4.69, 9.17) is 0 Å². The monoisotopic (exact) mass is 382 g/mol. The Bertz CT molecular complexity index is 702. The summed E-state index contributed by atoms with van der Waals surface area (Å²) < 4.78 is 50.4. The predicted octanol–water partition coefficient (Wildman–Crippen LogP) is 1.47. The number of hydrogen-bond donors (Lipinski definition) is 1. The van der Waals surface area contributed by atoms with E-state index in [9.17, 15) is 16.8 Å². The van der Waals surface area contributed by atoms with Crippen LogP contribution in [0.4, 0.5) is 5.82 Å². The fourth-order valence-electron chi connectivity index (χ4n) is 2.04. The van der Waals surface area contributed by atoms with Crippen molar-refractivity contribution in [1.82, 2.24) is 4.98 Å². The van der Waals surface area contributed by atoms with E-state index in [0.717, 1.165) is 4.47 Å². The van der Waals surface area contributed by atoms with E-state index in [-0.39, 0.29) is 30.2 Å². The summed E-state index contributed by atoms with van der Waals surface area (Å²) in [6.07, 6.45) is 1.77. The normalized spacial score (nSPS) is 19.7. The van der Waals surface area contributed by atoms with Crippen molar-refractivity contribution in [3.8, 4) is 0 Å². The summed E-state index contributed by atoms with van der Waals surface area (Å²) in [6.45, 7) is 1.75. The molecule has 1 fully saturated rings. The predicted molar refractivity (Wildman–Crippen MR) is 80.9 cm³/mol. The van der Waals surface area contributed by atoms with Crippen molar-refractivity contribution < 1.29 is 16.8 Å². The van der Waals surface area contributed by atoms with Gasteiger partial charge in [0, 0.05) is 10.7 Å². The van der Waals surface area contributed by atoms with Crippen molar-refractivity contribution in [3.05, 3.63) is 22.3 Å². The second-order valence-electron chi connectivity index (χ2n) is 4.82. The van der Waals surface area contributed by atoms with Crippen molar-refractivity contribution in [1.29, 1.82) is 0 Å². The molecular formula is C11H15BrN2O4S2. The van der Waals surface area contributed by atoms with Gasteiger partial charge in [-0.3, -0.25) is 4.72 Å². The molecule has 2 heterocycles. The van der Waals surface area contributed by atoms with Crippen molar-refractivity contribution >= 4 is 41.6 Å². The summed E-state index contributed by atoms with van der Waals surface area (Å²) in [7, 11) is -6.69. The maximum atomic E-state index is 12.2. The van der Waals surface area contributed by atoms with E-state index in [1.807, 2.05) is 0 Å². The third-order valence-electron chi connectivity index (χ3n) is 3.22. The zero-order chi connectivity index (χ0) is 15.0. The number of aromatic nitrogens is 1. The Hall–Kier alpha value is -0.670. The van der Waals surface area contributed by atoms with Crippen LogP contribution in [0.1, 0.15) is 18.4 Å². The minimum atomic E-state index is -3.61. The van der Waals surface area contributed by atoms with Gasteiger partial charge in [0.1, 0.15) is 15.7 Å². The average molecular weight is 383 g/mol. The van der Waals surface area contributed by atoms with Gasteiger partial charge in [0.2, 0.25) is 10.0 Å². The molecule has 0 bridgehead atoms. The number of sulfone groups is 1. The maximum Gasteiger partial charge on any atom is 0.236 e. The molecule has 20 heavy (non-hydrogen) atoms. The first kappa shape index (κ1) is 15.7. The van der Waals surface area contributed by atoms with Crippen LogP contribution >= 0.6 is 15.9 Å². The molecule has 0 radical (unpaired) electrons. The van der Waals surface area contributed by atoms with Crippen molar-refractivity contribution in [3.63, 3.8) is 0 Å². The molecule has 1 aliphatic rings. The molecule has 1 aromatic heterocycles. The molecule has 1 N–H and O–H groups in total. The molecule has 0 amide bonds. The van der Waals surface area contributed by atoms with Crippen LogP contribution in [0.15, 0.2) is 16.7 Å². The zero-order valence-electron chi connectivity index (χ0n) is 10.8. The van der Waals surface area contributed by atoms with Crippen molar-refractivity contribution in [2.45, 2.75) is 25.0 Å². The Morgan fingerprint density at radius 1 is 1.35 bits per heavy atom. The molecule has 1 saturated heterocycles. The molecule has 1 aromatic rings. The van der Waals surface area contributed by atoms with Crippen molar-refractivity contribution in [2.75, 3.05) is 16.2 Å². The molecule has 2 rings (SSSR count). The minimum absolute atomic E-state index is 0.0781. The van der Waals surface area contributed by atoms with Gasteiger partial charge in [-0.05, 0) is 47.3 Å². The highest BCUT2D eigenvalue weighted by Crippen LogP contribution is 2.23. The van der Waals surface area contributed by atoms with Gasteiger partial charge in [-0.1, -0.05) is 0 Å². The topological polar surface area (TPSA) is 93.2 Å². The number of nitrogens with zero attached hydrogens (tertiary/aromatic N) is 1. The molecule has 0 unspecified atom stereocenters. The quantitative estimate of drug-likeness (QED) is 0.853. The molecule has 0 saturated carbocycles. The smallest absolute Gasteiger partial charge is 0.236 e. The van der Waals surface area contributed by atoms with E-state index >= 15 is 0 Å². The van der Waals surface area contributed by atoms with Crippen LogP contribution in [0.5, 0.6) is 0 Å². The second-order valence-corrected chi connectivity index (χ2v) is 10.00. The Balaban J connectivity index is 2.16. The number of halogens is 1. The maximum absolute atomic E-state index is 12.2. The van der Waals surface area contributed by atoms with E-state index in [1.54, 1.807) is 13.0 Å². The number of rotatable bonds is 3. The standard InChI is InChI=1S/C11H15BrN2O4S2/c1-8-6-9(12)7-13-11(8)14-20(17,18)10-2-4-19(15,16)5-3-10/h6-7,10H,2-5H2,1H3,(H,13,14). The number of sulfonamides is 1. The first-order chi connectivity index (χ1) is 9.20. The highest BCUT2D eigenvalue weighted by atomic mass is 79.9. The van der Waals surface area contributed by atoms with Gasteiger partial charge >= 0.3 is 0 Å². The summed E-state index contributed by atoms with van der Waals surface area (Å²) >= 11 is 3.26. The third-order valence-corrected chi connectivity index (χ3v) is 7.20. The summed E-state index contributed by atoms with van der Waals surface area (Å²) in [5.74, 6) is 0.123. The van der Waals surface area contributed by atoms with Crippen LogP contribution < -0.4 is 4.72 Å². The average Bonchev–Trinajstić information content (AvgIpc) is 2.32. The van der Waals surface area contributed by atoms with E-state index in [0.29, 0.717) is 5.56 Å². The Morgan fingerprint density at radius 2 is 1.95 bits per heavy atom. The molecular weight excluding hydrogens is 368 g/mol. The highest BCUT2D eigenvalue weighted by Gasteiger charge is 2.33. The summed E-state index contributed by atoms with van der Waals surface area (Å²) in [5, 5.41) is -0.684. The molecule has 6 nitrogen and oxygen atoms in total. The number of anilines is 1. The summed E-state index contributed by atoms with van der Waals surface area (Å²) in [5.41, 5.74) is 0.700. The molecule has 112 valence electrons. The molecule has 0 aliphatic carbocycles. The Labute approximate surface area is 127 Å². The second kappa shape index (κ2) is 5.61. The Morgan fingerprint density at radius 3 is 2.50 bits per heavy atom. The van der Waals surface area contributed by atoms with Gasteiger partial charge in [0.25, 0.3) is 0 Å². The lowest BCUT2D eigenvalue weighted by Gasteiger charge is -2.22. The van der Waals surface area contributed by atoms with Crippen LogP contribution in [-0.2, 0) is 19.9 Å². The van der Waals surface area contributed by atoms with Gasteiger partial charge in [-0.25, -0.2) is 21.8 Å². The largest absolute Gasteiger partial charge is 0.267 e. The number of hydrogen-bond acceptors (Lipinski definition) is 5. The van der Waals surface area contributed by atoms with E-state index < -0.39 is 25.1 Å². The SMILES string of the molecule is Cc1cc(Br)cnc1NS(=O)(=O)C1CCS(=O)(=O)CC1.